The molecule has 0 aromatic heterocycles. The summed E-state index contributed by atoms with van der Waals surface area (Å²) in [6.07, 6.45) is 0.854. The topological polar surface area (TPSA) is 121 Å². The van der Waals surface area contributed by atoms with Gasteiger partial charge >= 0.3 is 0 Å². The van der Waals surface area contributed by atoms with Crippen molar-refractivity contribution >= 4 is 17.4 Å². The van der Waals surface area contributed by atoms with Crippen LogP contribution in [0.4, 0.5) is 23.2 Å². The van der Waals surface area contributed by atoms with Gasteiger partial charge in [-0.1, -0.05) is 11.7 Å². The molecule has 1 aromatic carbocycles. The molecule has 0 aliphatic carbocycles. The summed E-state index contributed by atoms with van der Waals surface area (Å²) in [5, 5.41) is 4.56. The predicted molar refractivity (Wildman–Crippen MR) is 70.6 cm³/mol. The number of nitrogens with two attached hydrogens (primary N) is 1. The van der Waals surface area contributed by atoms with Gasteiger partial charge < -0.3 is 11.1 Å². The Hall–Kier alpha value is -2.91. The molecule has 23 heavy (non-hydrogen) atoms. The number of carbonyl (C=O) groups is 2. The van der Waals surface area contributed by atoms with Crippen LogP contribution in [0.3, 0.4) is 0 Å². The Balaban J connectivity index is 3.27. The molecule has 1 aromatic rings. The molecular formula is C12H9F4N5O2. The van der Waals surface area contributed by atoms with Gasteiger partial charge in [0.25, 0.3) is 0 Å². The summed E-state index contributed by atoms with van der Waals surface area (Å²) in [5.74, 6) is -10.4. The molecule has 1 atom stereocenters. The second-order valence-corrected chi connectivity index (χ2v) is 4.09. The highest BCUT2D eigenvalue weighted by Crippen LogP contribution is 2.30. The largest absolute Gasteiger partial charge is 0.351 e. The van der Waals surface area contributed by atoms with Gasteiger partial charge in [-0.15, -0.1) is 0 Å². The van der Waals surface area contributed by atoms with E-state index in [9.17, 15) is 27.2 Å². The molecule has 122 valence electrons. The zero-order valence-electron chi connectivity index (χ0n) is 11.3. The van der Waals surface area contributed by atoms with Crippen molar-refractivity contribution in [3.63, 3.8) is 0 Å². The normalized spacial score (nSPS) is 11.3. The number of azide groups is 1. The Morgan fingerprint density at radius 3 is 2.22 bits per heavy atom. The van der Waals surface area contributed by atoms with Gasteiger partial charge in [0.15, 0.2) is 29.1 Å². The molecule has 0 aliphatic rings. The summed E-state index contributed by atoms with van der Waals surface area (Å²) >= 11 is 0. The Labute approximate surface area is 126 Å². The molecular weight excluding hydrogens is 322 g/mol. The first-order valence-corrected chi connectivity index (χ1v) is 5.87. The molecule has 0 aliphatic heterocycles. The smallest absolute Gasteiger partial charge is 0.243 e. The first-order chi connectivity index (χ1) is 10.8. The standard InChI is InChI=1S/C12H9F4N5O2/c1-2-5(22)19-3-4(17)12(23)6-7(13)9(15)11(20-21-18)10(16)8(6)14/h2,4H,1,3,17H2,(H,19,22). The lowest BCUT2D eigenvalue weighted by atomic mass is 10.0. The SMILES string of the molecule is C=CC(=O)NCC(N)C(=O)c1c(F)c(F)c(N=[N+]=[N-])c(F)c1F. The van der Waals surface area contributed by atoms with Gasteiger partial charge in [0.05, 0.1) is 11.6 Å². The van der Waals surface area contributed by atoms with Crippen LogP contribution in [0.25, 0.3) is 10.4 Å². The number of carbonyl (C=O) groups excluding carboxylic acids is 2. The van der Waals surface area contributed by atoms with E-state index in [-0.39, 0.29) is 0 Å². The maximum atomic E-state index is 13.8. The van der Waals surface area contributed by atoms with Crippen molar-refractivity contribution in [2.24, 2.45) is 10.8 Å². The maximum Gasteiger partial charge on any atom is 0.243 e. The Morgan fingerprint density at radius 1 is 1.26 bits per heavy atom. The van der Waals surface area contributed by atoms with Crippen LogP contribution in [0.5, 0.6) is 0 Å². The zero-order chi connectivity index (χ0) is 17.7. The molecule has 1 unspecified atom stereocenters. The third-order valence-electron chi connectivity index (χ3n) is 2.65. The van der Waals surface area contributed by atoms with Gasteiger partial charge in [0.2, 0.25) is 5.91 Å². The van der Waals surface area contributed by atoms with E-state index in [2.05, 4.69) is 17.0 Å². The average Bonchev–Trinajstić information content (AvgIpc) is 2.54. The van der Waals surface area contributed by atoms with Gasteiger partial charge in [0, 0.05) is 11.5 Å². The molecule has 0 saturated carbocycles. The fraction of sp³-hybridized carbons (Fsp3) is 0.167. The van der Waals surface area contributed by atoms with Gasteiger partial charge in [-0.25, -0.2) is 17.6 Å². The van der Waals surface area contributed by atoms with Crippen LogP contribution >= 0.6 is 0 Å². The van der Waals surface area contributed by atoms with E-state index in [1.165, 1.54) is 0 Å². The highest BCUT2D eigenvalue weighted by Gasteiger charge is 2.31. The number of hydrogen-bond donors (Lipinski definition) is 2. The number of halogens is 4. The average molecular weight is 331 g/mol. The number of ketones is 1. The van der Waals surface area contributed by atoms with E-state index in [0.29, 0.717) is 0 Å². The second-order valence-electron chi connectivity index (χ2n) is 4.09. The van der Waals surface area contributed by atoms with Gasteiger partial charge in [-0.3, -0.25) is 9.59 Å². The number of nitrogens with one attached hydrogen (secondary N) is 1. The van der Waals surface area contributed by atoms with Crippen molar-refractivity contribution in [1.82, 2.24) is 5.32 Å². The Bertz CT molecular complexity index is 702. The third-order valence-corrected chi connectivity index (χ3v) is 2.65. The lowest BCUT2D eigenvalue weighted by molar-refractivity contribution is -0.116. The monoisotopic (exact) mass is 331 g/mol. The van der Waals surface area contributed by atoms with Crippen LogP contribution in [-0.2, 0) is 4.79 Å². The zero-order valence-corrected chi connectivity index (χ0v) is 11.3. The molecule has 0 radical (unpaired) electrons. The molecule has 0 heterocycles. The fourth-order valence-corrected chi connectivity index (χ4v) is 1.53. The van der Waals surface area contributed by atoms with Crippen LogP contribution in [0, 0.1) is 23.3 Å². The number of nitrogens with zero attached hydrogens (tertiary/aromatic N) is 3. The molecule has 0 fully saturated rings. The van der Waals surface area contributed by atoms with Crippen LogP contribution in [0.1, 0.15) is 10.4 Å². The summed E-state index contributed by atoms with van der Waals surface area (Å²) < 4.78 is 54.6. The van der Waals surface area contributed by atoms with Crippen molar-refractivity contribution in [2.75, 3.05) is 6.54 Å². The van der Waals surface area contributed by atoms with E-state index in [0.717, 1.165) is 6.08 Å². The summed E-state index contributed by atoms with van der Waals surface area (Å²) in [6, 6.07) is -1.67. The van der Waals surface area contributed by atoms with Crippen LogP contribution < -0.4 is 11.1 Å². The first kappa shape index (κ1) is 18.1. The highest BCUT2D eigenvalue weighted by molar-refractivity contribution is 6.01. The van der Waals surface area contributed by atoms with Gasteiger partial charge in [-0.05, 0) is 11.6 Å². The minimum atomic E-state index is -2.05. The minimum absolute atomic E-state index is 0.552. The quantitative estimate of drug-likeness (QED) is 0.158. The third kappa shape index (κ3) is 3.65. The molecule has 11 heteroatoms. The number of benzene rings is 1. The molecule has 0 spiro atoms. The lowest BCUT2D eigenvalue weighted by Crippen LogP contribution is -2.42. The summed E-state index contributed by atoms with van der Waals surface area (Å²) in [6.45, 7) is 2.57. The molecule has 7 nitrogen and oxygen atoms in total. The van der Waals surface area contributed by atoms with Crippen molar-refractivity contribution < 1.29 is 27.2 Å². The Kier molecular flexibility index (Phi) is 5.82. The van der Waals surface area contributed by atoms with E-state index in [1.807, 2.05) is 4.91 Å². The number of rotatable bonds is 6. The van der Waals surface area contributed by atoms with Crippen molar-refractivity contribution in [3.8, 4) is 0 Å². The van der Waals surface area contributed by atoms with Crippen molar-refractivity contribution in [1.29, 1.82) is 0 Å². The summed E-state index contributed by atoms with van der Waals surface area (Å²) in [5.41, 5.74) is 10.3. The predicted octanol–water partition coefficient (Wildman–Crippen LogP) is 2.00. The molecule has 1 amide bonds. The first-order valence-electron chi connectivity index (χ1n) is 5.87. The van der Waals surface area contributed by atoms with E-state index in [1.54, 1.807) is 0 Å². The van der Waals surface area contributed by atoms with E-state index >= 15 is 0 Å². The highest BCUT2D eigenvalue weighted by atomic mass is 19.2. The van der Waals surface area contributed by atoms with Crippen LogP contribution in [-0.4, -0.2) is 24.3 Å². The van der Waals surface area contributed by atoms with E-state index < -0.39 is 58.8 Å². The van der Waals surface area contributed by atoms with Crippen LogP contribution in [0.2, 0.25) is 0 Å². The number of Topliss-reactive ketones (excluding diaryl/α,β-unsaturated/α-hetero) is 1. The molecule has 1 rings (SSSR count). The Morgan fingerprint density at radius 2 is 1.78 bits per heavy atom. The lowest BCUT2D eigenvalue weighted by Gasteiger charge is -2.13. The van der Waals surface area contributed by atoms with Crippen molar-refractivity contribution in [2.45, 2.75) is 6.04 Å². The maximum absolute atomic E-state index is 13.8. The second kappa shape index (κ2) is 7.38. The molecule has 0 saturated heterocycles. The molecule has 0 bridgehead atoms. The van der Waals surface area contributed by atoms with Gasteiger partial charge in [0.1, 0.15) is 5.69 Å². The fourth-order valence-electron chi connectivity index (χ4n) is 1.53. The number of amides is 1. The minimum Gasteiger partial charge on any atom is -0.351 e. The summed E-state index contributed by atoms with van der Waals surface area (Å²) in [4.78, 5) is 24.8. The molecule has 3 N–H and O–H groups in total. The van der Waals surface area contributed by atoms with Crippen LogP contribution in [0.15, 0.2) is 17.8 Å². The van der Waals surface area contributed by atoms with Crippen molar-refractivity contribution in [3.05, 3.63) is 51.9 Å². The summed E-state index contributed by atoms with van der Waals surface area (Å²) in [7, 11) is 0. The van der Waals surface area contributed by atoms with E-state index in [4.69, 9.17) is 11.3 Å². The number of hydrogen-bond acceptors (Lipinski definition) is 4. The van der Waals surface area contributed by atoms with Gasteiger partial charge in [-0.2, -0.15) is 0 Å².